The summed E-state index contributed by atoms with van der Waals surface area (Å²) in [7, 11) is 0. The molecule has 0 amide bonds. The number of nitrogens with zero attached hydrogens (tertiary/aromatic N) is 2. The summed E-state index contributed by atoms with van der Waals surface area (Å²) in [6.07, 6.45) is 8.53. The second-order valence-corrected chi connectivity index (χ2v) is 5.49. The van der Waals surface area contributed by atoms with Gasteiger partial charge in [-0.1, -0.05) is 12.8 Å². The van der Waals surface area contributed by atoms with Crippen molar-refractivity contribution >= 4 is 21.7 Å². The molecule has 1 aromatic heterocycles. The van der Waals surface area contributed by atoms with E-state index in [9.17, 15) is 0 Å². The Labute approximate surface area is 111 Å². The lowest BCUT2D eigenvalue weighted by Gasteiger charge is -2.30. The first kappa shape index (κ1) is 12.8. The average molecular weight is 299 g/mol. The van der Waals surface area contributed by atoms with Crippen molar-refractivity contribution < 1.29 is 0 Å². The van der Waals surface area contributed by atoms with Crippen LogP contribution < -0.4 is 11.1 Å². The summed E-state index contributed by atoms with van der Waals surface area (Å²) in [5, 5.41) is 3.39. The molecular formula is C12H19BrN4. The third-order valence-electron chi connectivity index (χ3n) is 3.57. The van der Waals surface area contributed by atoms with Gasteiger partial charge in [-0.05, 0) is 47.2 Å². The van der Waals surface area contributed by atoms with Crippen LogP contribution in [0, 0.1) is 11.8 Å². The van der Waals surface area contributed by atoms with Crippen LogP contribution in [0.5, 0.6) is 0 Å². The lowest BCUT2D eigenvalue weighted by atomic mass is 9.79. The monoisotopic (exact) mass is 298 g/mol. The van der Waals surface area contributed by atoms with Gasteiger partial charge >= 0.3 is 0 Å². The molecule has 1 saturated carbocycles. The molecule has 3 N–H and O–H groups in total. The molecule has 94 valence electrons. The molecule has 0 radical (unpaired) electrons. The zero-order chi connectivity index (χ0) is 12.1. The van der Waals surface area contributed by atoms with Gasteiger partial charge in [0.1, 0.15) is 12.1 Å². The Morgan fingerprint density at radius 2 is 2.12 bits per heavy atom. The zero-order valence-corrected chi connectivity index (χ0v) is 11.5. The highest BCUT2D eigenvalue weighted by atomic mass is 79.9. The van der Waals surface area contributed by atoms with Crippen molar-refractivity contribution in [1.82, 2.24) is 9.97 Å². The van der Waals surface area contributed by atoms with Crippen molar-refractivity contribution in [2.45, 2.75) is 25.7 Å². The van der Waals surface area contributed by atoms with Crippen LogP contribution in [0.25, 0.3) is 0 Å². The lowest BCUT2D eigenvalue weighted by Crippen LogP contribution is -2.31. The van der Waals surface area contributed by atoms with E-state index >= 15 is 0 Å². The molecule has 0 aromatic carbocycles. The first-order chi connectivity index (χ1) is 8.31. The number of rotatable bonds is 4. The van der Waals surface area contributed by atoms with Gasteiger partial charge in [-0.15, -0.1) is 0 Å². The fraction of sp³-hybridized carbons (Fsp3) is 0.667. The highest BCUT2D eigenvalue weighted by Gasteiger charge is 2.23. The highest BCUT2D eigenvalue weighted by molar-refractivity contribution is 9.10. The molecule has 4 nitrogen and oxygen atoms in total. The predicted molar refractivity (Wildman–Crippen MR) is 72.7 cm³/mol. The zero-order valence-electron chi connectivity index (χ0n) is 9.90. The SMILES string of the molecule is NCC1CCCCC1CNc1ncncc1Br. The number of nitrogens with one attached hydrogen (secondary N) is 1. The molecule has 2 unspecified atom stereocenters. The van der Waals surface area contributed by atoms with E-state index in [-0.39, 0.29) is 0 Å². The van der Waals surface area contributed by atoms with Gasteiger partial charge in [-0.3, -0.25) is 0 Å². The smallest absolute Gasteiger partial charge is 0.143 e. The number of nitrogens with two attached hydrogens (primary N) is 1. The minimum Gasteiger partial charge on any atom is -0.369 e. The summed E-state index contributed by atoms with van der Waals surface area (Å²) < 4.78 is 0.917. The molecule has 0 saturated heterocycles. The van der Waals surface area contributed by atoms with Crippen LogP contribution in [0.2, 0.25) is 0 Å². The Kier molecular flexibility index (Phi) is 4.74. The van der Waals surface area contributed by atoms with E-state index in [1.54, 1.807) is 12.5 Å². The number of halogens is 1. The number of aromatic nitrogens is 2. The van der Waals surface area contributed by atoms with Gasteiger partial charge in [0.05, 0.1) is 4.47 Å². The molecule has 1 fully saturated rings. The fourth-order valence-electron chi connectivity index (χ4n) is 2.53. The van der Waals surface area contributed by atoms with Crippen molar-refractivity contribution in [3.63, 3.8) is 0 Å². The number of anilines is 1. The van der Waals surface area contributed by atoms with Gasteiger partial charge < -0.3 is 11.1 Å². The predicted octanol–water partition coefficient (Wildman–Crippen LogP) is 2.42. The van der Waals surface area contributed by atoms with Crippen LogP contribution >= 0.6 is 15.9 Å². The minimum absolute atomic E-state index is 0.664. The van der Waals surface area contributed by atoms with Crippen LogP contribution in [0.4, 0.5) is 5.82 Å². The molecule has 1 heterocycles. The fourth-order valence-corrected chi connectivity index (χ4v) is 2.89. The maximum atomic E-state index is 5.83. The van der Waals surface area contributed by atoms with Crippen molar-refractivity contribution in [2.75, 3.05) is 18.4 Å². The molecule has 2 rings (SSSR count). The maximum absolute atomic E-state index is 5.83. The molecule has 2 atom stereocenters. The molecule has 1 aliphatic carbocycles. The first-order valence-electron chi connectivity index (χ1n) is 6.20. The largest absolute Gasteiger partial charge is 0.369 e. The van der Waals surface area contributed by atoms with Gasteiger partial charge in [-0.25, -0.2) is 9.97 Å². The third kappa shape index (κ3) is 3.39. The van der Waals surface area contributed by atoms with Crippen molar-refractivity contribution in [1.29, 1.82) is 0 Å². The Hall–Kier alpha value is -0.680. The van der Waals surface area contributed by atoms with Crippen LogP contribution in [-0.4, -0.2) is 23.1 Å². The molecule has 0 aliphatic heterocycles. The summed E-state index contributed by atoms with van der Waals surface area (Å²) >= 11 is 3.44. The molecule has 5 heteroatoms. The highest BCUT2D eigenvalue weighted by Crippen LogP contribution is 2.29. The summed E-state index contributed by atoms with van der Waals surface area (Å²) in [5.74, 6) is 2.22. The van der Waals surface area contributed by atoms with Crippen molar-refractivity contribution in [2.24, 2.45) is 17.6 Å². The topological polar surface area (TPSA) is 63.8 Å². The second kappa shape index (κ2) is 6.31. The maximum Gasteiger partial charge on any atom is 0.143 e. The van der Waals surface area contributed by atoms with Crippen molar-refractivity contribution in [3.05, 3.63) is 17.0 Å². The van der Waals surface area contributed by atoms with E-state index in [0.29, 0.717) is 11.8 Å². The summed E-state index contributed by atoms with van der Waals surface area (Å²) in [4.78, 5) is 8.17. The van der Waals surface area contributed by atoms with E-state index < -0.39 is 0 Å². The van der Waals surface area contributed by atoms with Crippen LogP contribution in [0.1, 0.15) is 25.7 Å². The summed E-state index contributed by atoms with van der Waals surface area (Å²) in [5.41, 5.74) is 5.83. The van der Waals surface area contributed by atoms with E-state index in [1.807, 2.05) is 0 Å². The second-order valence-electron chi connectivity index (χ2n) is 4.64. The Morgan fingerprint density at radius 1 is 1.35 bits per heavy atom. The Morgan fingerprint density at radius 3 is 2.82 bits per heavy atom. The standard InChI is InChI=1S/C12H19BrN4/c13-11-7-15-8-17-12(11)16-6-10-4-2-1-3-9(10)5-14/h7-10H,1-6,14H2,(H,15,16,17). The molecule has 17 heavy (non-hydrogen) atoms. The van der Waals surface area contributed by atoms with Gasteiger partial charge in [-0.2, -0.15) is 0 Å². The summed E-state index contributed by atoms with van der Waals surface area (Å²) in [6, 6.07) is 0. The molecule has 0 spiro atoms. The Bertz CT molecular complexity index is 358. The van der Waals surface area contributed by atoms with E-state index in [4.69, 9.17) is 5.73 Å². The number of hydrogen-bond donors (Lipinski definition) is 2. The quantitative estimate of drug-likeness (QED) is 0.896. The molecule has 1 aromatic rings. The number of hydrogen-bond acceptors (Lipinski definition) is 4. The molecular weight excluding hydrogens is 280 g/mol. The normalized spacial score (nSPS) is 24.6. The third-order valence-corrected chi connectivity index (χ3v) is 4.15. The van der Waals surface area contributed by atoms with Crippen LogP contribution in [-0.2, 0) is 0 Å². The van der Waals surface area contributed by atoms with E-state index in [1.165, 1.54) is 25.7 Å². The van der Waals surface area contributed by atoms with Crippen molar-refractivity contribution in [3.8, 4) is 0 Å². The van der Waals surface area contributed by atoms with Gasteiger partial charge in [0, 0.05) is 12.7 Å². The van der Waals surface area contributed by atoms with E-state index in [0.717, 1.165) is 23.4 Å². The first-order valence-corrected chi connectivity index (χ1v) is 7.00. The molecule has 0 bridgehead atoms. The summed E-state index contributed by atoms with van der Waals surface area (Å²) in [6.45, 7) is 1.76. The van der Waals surface area contributed by atoms with Gasteiger partial charge in [0.2, 0.25) is 0 Å². The lowest BCUT2D eigenvalue weighted by molar-refractivity contribution is 0.255. The van der Waals surface area contributed by atoms with E-state index in [2.05, 4.69) is 31.2 Å². The van der Waals surface area contributed by atoms with Crippen LogP contribution in [0.3, 0.4) is 0 Å². The minimum atomic E-state index is 0.664. The average Bonchev–Trinajstić information content (AvgIpc) is 2.38. The Balaban J connectivity index is 1.90. The molecule has 1 aliphatic rings. The van der Waals surface area contributed by atoms with Crippen LogP contribution in [0.15, 0.2) is 17.0 Å². The van der Waals surface area contributed by atoms with Gasteiger partial charge in [0.15, 0.2) is 0 Å². The van der Waals surface area contributed by atoms with Gasteiger partial charge in [0.25, 0.3) is 0 Å².